The van der Waals surface area contributed by atoms with E-state index in [1.807, 2.05) is 29.2 Å². The molecule has 0 unspecified atom stereocenters. The topological polar surface area (TPSA) is 44.9 Å². The third-order valence-electron chi connectivity index (χ3n) is 4.79. The van der Waals surface area contributed by atoms with Crippen molar-refractivity contribution in [3.63, 3.8) is 0 Å². The number of nitrogens with two attached hydrogens (primary N) is 1. The molecule has 4 nitrogen and oxygen atoms in total. The van der Waals surface area contributed by atoms with Crippen molar-refractivity contribution in [3.8, 4) is 0 Å². The highest BCUT2D eigenvalue weighted by molar-refractivity contribution is 14.0. The lowest BCUT2D eigenvalue weighted by Crippen LogP contribution is -2.51. The van der Waals surface area contributed by atoms with Crippen molar-refractivity contribution in [1.29, 1.82) is 0 Å². The van der Waals surface area contributed by atoms with Gasteiger partial charge in [-0.15, -0.1) is 24.0 Å². The smallest absolute Gasteiger partial charge is 0.370 e. The number of anilines is 1. The van der Waals surface area contributed by atoms with Crippen molar-refractivity contribution in [2.24, 2.45) is 16.1 Å². The zero-order valence-electron chi connectivity index (χ0n) is 13.6. The standard InChI is InChI=1S/C16H20ClF3N4.HI/c17-12-1-3-13(4-2-12)23-7-9-24(10-8-23)14(21)22-11-15(5-6-15)16(18,19)20;/h1-4H,5-11H2,(H2,21,22);1H. The normalized spacial score (nSPS) is 20.2. The predicted molar refractivity (Wildman–Crippen MR) is 105 cm³/mol. The van der Waals surface area contributed by atoms with Crippen molar-refractivity contribution >= 4 is 47.2 Å². The van der Waals surface area contributed by atoms with E-state index in [4.69, 9.17) is 17.3 Å². The number of alkyl halides is 3. The zero-order valence-corrected chi connectivity index (χ0v) is 16.7. The summed E-state index contributed by atoms with van der Waals surface area (Å²) < 4.78 is 38.7. The van der Waals surface area contributed by atoms with Gasteiger partial charge in [0.25, 0.3) is 0 Å². The highest BCUT2D eigenvalue weighted by atomic mass is 127. The minimum atomic E-state index is -4.19. The number of hydrogen-bond acceptors (Lipinski definition) is 2. The highest BCUT2D eigenvalue weighted by Gasteiger charge is 2.63. The molecule has 0 atom stereocenters. The van der Waals surface area contributed by atoms with E-state index >= 15 is 0 Å². The van der Waals surface area contributed by atoms with Crippen molar-refractivity contribution in [2.75, 3.05) is 37.6 Å². The molecule has 1 aromatic rings. The Hall–Kier alpha value is -0.900. The number of rotatable bonds is 3. The fourth-order valence-corrected chi connectivity index (χ4v) is 2.99. The summed E-state index contributed by atoms with van der Waals surface area (Å²) in [7, 11) is 0. The van der Waals surface area contributed by atoms with Crippen molar-refractivity contribution in [1.82, 2.24) is 4.90 Å². The van der Waals surface area contributed by atoms with E-state index in [1.165, 1.54) is 0 Å². The molecular weight excluding hydrogens is 468 g/mol. The molecule has 2 fully saturated rings. The Morgan fingerprint density at radius 3 is 2.16 bits per heavy atom. The van der Waals surface area contributed by atoms with Gasteiger partial charge in [0.2, 0.25) is 0 Å². The van der Waals surface area contributed by atoms with Crippen LogP contribution in [0.3, 0.4) is 0 Å². The molecule has 0 spiro atoms. The Labute approximate surface area is 167 Å². The van der Waals surface area contributed by atoms with E-state index in [9.17, 15) is 13.2 Å². The van der Waals surface area contributed by atoms with Crippen LogP contribution in [0.15, 0.2) is 29.3 Å². The van der Waals surface area contributed by atoms with Gasteiger partial charge in [0.05, 0.1) is 12.0 Å². The van der Waals surface area contributed by atoms with Gasteiger partial charge >= 0.3 is 6.18 Å². The van der Waals surface area contributed by atoms with Gasteiger partial charge in [0.1, 0.15) is 0 Å². The molecule has 1 heterocycles. The SMILES string of the molecule is I.NC(=NCC1(C(F)(F)F)CC1)N1CCN(c2ccc(Cl)cc2)CC1. The molecular formula is C16H21ClF3IN4. The Kier molecular flexibility index (Phi) is 6.35. The molecule has 0 amide bonds. The lowest BCUT2D eigenvalue weighted by molar-refractivity contribution is -0.183. The number of halogens is 5. The first kappa shape index (κ1) is 20.4. The van der Waals surface area contributed by atoms with E-state index in [0.717, 1.165) is 18.8 Å². The van der Waals surface area contributed by atoms with Crippen LogP contribution in [0.4, 0.5) is 18.9 Å². The second-order valence-electron chi connectivity index (χ2n) is 6.40. The molecule has 3 rings (SSSR count). The monoisotopic (exact) mass is 488 g/mol. The summed E-state index contributed by atoms with van der Waals surface area (Å²) in [4.78, 5) is 8.06. The van der Waals surface area contributed by atoms with Crippen LogP contribution in [0.25, 0.3) is 0 Å². The number of nitrogens with zero attached hydrogens (tertiary/aromatic N) is 3. The lowest BCUT2D eigenvalue weighted by Gasteiger charge is -2.36. The fraction of sp³-hybridized carbons (Fsp3) is 0.562. The molecule has 1 saturated heterocycles. The Morgan fingerprint density at radius 2 is 1.68 bits per heavy atom. The molecule has 0 radical (unpaired) electrons. The number of benzene rings is 1. The van der Waals surface area contributed by atoms with Gasteiger partial charge in [-0.3, -0.25) is 4.99 Å². The maximum absolute atomic E-state index is 12.9. The number of hydrogen-bond donors (Lipinski definition) is 1. The number of guanidine groups is 1. The molecule has 0 aromatic heterocycles. The van der Waals surface area contributed by atoms with Crippen LogP contribution < -0.4 is 10.6 Å². The number of piperazine rings is 1. The van der Waals surface area contributed by atoms with Crippen LogP contribution in [-0.2, 0) is 0 Å². The van der Waals surface area contributed by atoms with Crippen molar-refractivity contribution in [2.45, 2.75) is 19.0 Å². The Balaban J connectivity index is 0.00000225. The molecule has 1 aromatic carbocycles. The zero-order chi connectivity index (χ0) is 17.4. The first-order valence-electron chi connectivity index (χ1n) is 7.93. The average molecular weight is 489 g/mol. The van der Waals surface area contributed by atoms with Crippen LogP contribution in [0.2, 0.25) is 5.02 Å². The summed E-state index contributed by atoms with van der Waals surface area (Å²) >= 11 is 5.88. The van der Waals surface area contributed by atoms with Gasteiger partial charge in [-0.2, -0.15) is 13.2 Å². The highest BCUT2D eigenvalue weighted by Crippen LogP contribution is 2.57. The Morgan fingerprint density at radius 1 is 1.12 bits per heavy atom. The maximum Gasteiger partial charge on any atom is 0.396 e. The largest absolute Gasteiger partial charge is 0.396 e. The minimum Gasteiger partial charge on any atom is -0.370 e. The van der Waals surface area contributed by atoms with E-state index in [1.54, 1.807) is 0 Å². The summed E-state index contributed by atoms with van der Waals surface area (Å²) in [5.41, 5.74) is 5.34. The number of aliphatic imine (C=N–C) groups is 1. The van der Waals surface area contributed by atoms with Gasteiger partial charge in [0.15, 0.2) is 5.96 Å². The quantitative estimate of drug-likeness (QED) is 0.401. The van der Waals surface area contributed by atoms with Gasteiger partial charge < -0.3 is 15.5 Å². The molecule has 140 valence electrons. The van der Waals surface area contributed by atoms with Crippen LogP contribution in [0.1, 0.15) is 12.8 Å². The fourth-order valence-electron chi connectivity index (χ4n) is 2.86. The van der Waals surface area contributed by atoms with Crippen LogP contribution in [-0.4, -0.2) is 49.8 Å². The van der Waals surface area contributed by atoms with Crippen LogP contribution in [0, 0.1) is 5.41 Å². The van der Waals surface area contributed by atoms with E-state index in [2.05, 4.69) is 9.89 Å². The Bertz CT molecular complexity index is 609. The molecule has 2 N–H and O–H groups in total. The molecule has 1 saturated carbocycles. The van der Waals surface area contributed by atoms with E-state index in [-0.39, 0.29) is 49.3 Å². The second kappa shape index (κ2) is 7.77. The second-order valence-corrected chi connectivity index (χ2v) is 6.84. The summed E-state index contributed by atoms with van der Waals surface area (Å²) in [5, 5.41) is 0.687. The molecule has 9 heteroatoms. The third-order valence-corrected chi connectivity index (χ3v) is 5.05. The first-order chi connectivity index (χ1) is 11.3. The van der Waals surface area contributed by atoms with Crippen molar-refractivity contribution in [3.05, 3.63) is 29.3 Å². The van der Waals surface area contributed by atoms with Crippen LogP contribution in [0.5, 0.6) is 0 Å². The van der Waals surface area contributed by atoms with Crippen LogP contribution >= 0.6 is 35.6 Å². The minimum absolute atomic E-state index is 0. The van der Waals surface area contributed by atoms with Gasteiger partial charge in [0, 0.05) is 36.9 Å². The van der Waals surface area contributed by atoms with Crippen molar-refractivity contribution < 1.29 is 13.2 Å². The molecule has 25 heavy (non-hydrogen) atoms. The summed E-state index contributed by atoms with van der Waals surface area (Å²) in [5.74, 6) is 0.210. The van der Waals surface area contributed by atoms with E-state index in [0.29, 0.717) is 18.1 Å². The van der Waals surface area contributed by atoms with E-state index < -0.39 is 11.6 Å². The summed E-state index contributed by atoms with van der Waals surface area (Å²) in [6, 6.07) is 7.59. The molecule has 0 bridgehead atoms. The first-order valence-corrected chi connectivity index (χ1v) is 8.31. The molecule has 2 aliphatic rings. The molecule has 1 aliphatic heterocycles. The predicted octanol–water partition coefficient (Wildman–Crippen LogP) is 3.74. The van der Waals surface area contributed by atoms with Gasteiger partial charge in [-0.1, -0.05) is 11.6 Å². The summed E-state index contributed by atoms with van der Waals surface area (Å²) in [6.07, 6.45) is -3.89. The molecule has 1 aliphatic carbocycles. The third kappa shape index (κ3) is 4.64. The summed E-state index contributed by atoms with van der Waals surface area (Å²) in [6.45, 7) is 2.48. The van der Waals surface area contributed by atoms with Gasteiger partial charge in [-0.25, -0.2) is 0 Å². The lowest BCUT2D eigenvalue weighted by atomic mass is 10.1. The maximum atomic E-state index is 12.9. The van der Waals surface area contributed by atoms with Gasteiger partial charge in [-0.05, 0) is 37.1 Å². The average Bonchev–Trinajstić information content (AvgIpc) is 3.35.